The van der Waals surface area contributed by atoms with Gasteiger partial charge < -0.3 is 21.2 Å². The first-order valence-electron chi connectivity index (χ1n) is 7.10. The Balaban J connectivity index is 1.97. The van der Waals surface area contributed by atoms with E-state index in [1.807, 2.05) is 0 Å². The summed E-state index contributed by atoms with van der Waals surface area (Å²) >= 11 is 0. The molecule has 1 amide bonds. The summed E-state index contributed by atoms with van der Waals surface area (Å²) in [5, 5.41) is 14.6. The maximum absolute atomic E-state index is 12.2. The van der Waals surface area contributed by atoms with Crippen LogP contribution in [0.2, 0.25) is 0 Å². The molecule has 1 heterocycles. The van der Waals surface area contributed by atoms with Gasteiger partial charge in [-0.05, 0) is 38.9 Å². The predicted molar refractivity (Wildman–Crippen MR) is 81.5 cm³/mol. The zero-order valence-electron chi connectivity index (χ0n) is 12.4. The SMILES string of the molecule is CC1CC(NC(=O)c2ccc(/C(N)=N/O)cc2)CCN1C. The molecule has 21 heavy (non-hydrogen) atoms. The highest BCUT2D eigenvalue weighted by Gasteiger charge is 2.24. The fraction of sp³-hybridized carbons (Fsp3) is 0.467. The van der Waals surface area contributed by atoms with Crippen LogP contribution >= 0.6 is 0 Å². The highest BCUT2D eigenvalue weighted by atomic mass is 16.4. The van der Waals surface area contributed by atoms with Gasteiger partial charge in [-0.3, -0.25) is 4.79 Å². The number of likely N-dealkylation sites (tertiary alicyclic amines) is 1. The van der Waals surface area contributed by atoms with Crippen LogP contribution < -0.4 is 11.1 Å². The van der Waals surface area contributed by atoms with Gasteiger partial charge in [-0.1, -0.05) is 17.3 Å². The van der Waals surface area contributed by atoms with Crippen molar-refractivity contribution in [2.24, 2.45) is 10.9 Å². The minimum absolute atomic E-state index is 0.0334. The molecular formula is C15H22N4O2. The second kappa shape index (κ2) is 6.58. The number of benzene rings is 1. The minimum Gasteiger partial charge on any atom is -0.409 e. The maximum Gasteiger partial charge on any atom is 0.251 e. The average molecular weight is 290 g/mol. The number of oxime groups is 1. The van der Waals surface area contributed by atoms with Gasteiger partial charge in [0, 0.05) is 29.8 Å². The third-order valence-corrected chi connectivity index (χ3v) is 4.09. The molecule has 2 atom stereocenters. The zero-order valence-corrected chi connectivity index (χ0v) is 12.4. The van der Waals surface area contributed by atoms with E-state index >= 15 is 0 Å². The van der Waals surface area contributed by atoms with Crippen molar-refractivity contribution in [3.8, 4) is 0 Å². The molecule has 1 aliphatic rings. The van der Waals surface area contributed by atoms with Crippen LogP contribution in [0.1, 0.15) is 35.7 Å². The maximum atomic E-state index is 12.2. The number of hydrogen-bond acceptors (Lipinski definition) is 4. The Morgan fingerprint density at radius 1 is 1.38 bits per heavy atom. The van der Waals surface area contributed by atoms with Crippen molar-refractivity contribution < 1.29 is 10.0 Å². The Hall–Kier alpha value is -2.08. The van der Waals surface area contributed by atoms with Crippen LogP contribution in [0, 0.1) is 0 Å². The number of carbonyl (C=O) groups is 1. The first-order chi connectivity index (χ1) is 10.0. The molecule has 1 aromatic carbocycles. The molecule has 0 aliphatic carbocycles. The van der Waals surface area contributed by atoms with Gasteiger partial charge in [0.15, 0.2) is 5.84 Å². The van der Waals surface area contributed by atoms with Crippen molar-refractivity contribution >= 4 is 11.7 Å². The van der Waals surface area contributed by atoms with Gasteiger partial charge in [0.05, 0.1) is 0 Å². The van der Waals surface area contributed by atoms with Crippen LogP contribution in [0.5, 0.6) is 0 Å². The topological polar surface area (TPSA) is 91.0 Å². The highest BCUT2D eigenvalue weighted by molar-refractivity contribution is 5.99. The fourth-order valence-electron chi connectivity index (χ4n) is 2.54. The highest BCUT2D eigenvalue weighted by Crippen LogP contribution is 2.16. The number of nitrogens with two attached hydrogens (primary N) is 1. The molecular weight excluding hydrogens is 268 g/mol. The minimum atomic E-state index is -0.0807. The molecule has 1 aromatic rings. The third-order valence-electron chi connectivity index (χ3n) is 4.09. The summed E-state index contributed by atoms with van der Waals surface area (Å²) in [6.07, 6.45) is 1.93. The summed E-state index contributed by atoms with van der Waals surface area (Å²) in [7, 11) is 2.11. The van der Waals surface area contributed by atoms with Crippen molar-refractivity contribution in [3.63, 3.8) is 0 Å². The average Bonchev–Trinajstić information content (AvgIpc) is 2.50. The molecule has 1 fully saturated rings. The lowest BCUT2D eigenvalue weighted by Crippen LogP contribution is -2.47. The molecule has 2 unspecified atom stereocenters. The third kappa shape index (κ3) is 3.72. The van der Waals surface area contributed by atoms with Gasteiger partial charge in [-0.25, -0.2) is 0 Å². The van der Waals surface area contributed by atoms with Gasteiger partial charge in [-0.15, -0.1) is 0 Å². The summed E-state index contributed by atoms with van der Waals surface area (Å²) in [5.74, 6) is -0.0473. The van der Waals surface area contributed by atoms with Crippen LogP contribution in [-0.4, -0.2) is 47.5 Å². The summed E-state index contributed by atoms with van der Waals surface area (Å²) in [6.45, 7) is 3.17. The smallest absolute Gasteiger partial charge is 0.251 e. The second-order valence-corrected chi connectivity index (χ2v) is 5.59. The first kappa shape index (κ1) is 15.3. The van der Waals surface area contributed by atoms with Crippen LogP contribution in [0.3, 0.4) is 0 Å². The monoisotopic (exact) mass is 290 g/mol. The number of amides is 1. The summed E-state index contributed by atoms with van der Waals surface area (Å²) < 4.78 is 0. The van der Waals surface area contributed by atoms with Gasteiger partial charge in [0.2, 0.25) is 0 Å². The van der Waals surface area contributed by atoms with E-state index in [1.165, 1.54) is 0 Å². The van der Waals surface area contributed by atoms with E-state index < -0.39 is 0 Å². The first-order valence-corrected chi connectivity index (χ1v) is 7.10. The Bertz CT molecular complexity index is 527. The normalized spacial score (nSPS) is 23.8. The van der Waals surface area contributed by atoms with Gasteiger partial charge >= 0.3 is 0 Å². The lowest BCUT2D eigenvalue weighted by atomic mass is 9.98. The van der Waals surface area contributed by atoms with Crippen molar-refractivity contribution in [2.45, 2.75) is 31.8 Å². The standard InChI is InChI=1S/C15H22N4O2/c1-10-9-13(7-8-19(10)2)17-15(20)12-5-3-11(4-6-12)14(16)18-21/h3-6,10,13,21H,7-9H2,1-2H3,(H2,16,18)(H,17,20). The van der Waals surface area contributed by atoms with Crippen molar-refractivity contribution in [1.82, 2.24) is 10.2 Å². The molecule has 1 aliphatic heterocycles. The van der Waals surface area contributed by atoms with Crippen LogP contribution in [0.4, 0.5) is 0 Å². The Morgan fingerprint density at radius 2 is 2.00 bits per heavy atom. The Labute approximate surface area is 124 Å². The summed E-state index contributed by atoms with van der Waals surface area (Å²) in [4.78, 5) is 14.5. The van der Waals surface area contributed by atoms with Crippen LogP contribution in [0.15, 0.2) is 29.4 Å². The largest absolute Gasteiger partial charge is 0.409 e. The number of amidine groups is 1. The number of hydrogen-bond donors (Lipinski definition) is 3. The number of nitrogens with one attached hydrogen (secondary N) is 1. The van der Waals surface area contributed by atoms with E-state index in [1.54, 1.807) is 24.3 Å². The molecule has 4 N–H and O–H groups in total. The number of piperidine rings is 1. The van der Waals surface area contributed by atoms with E-state index in [4.69, 9.17) is 10.9 Å². The fourth-order valence-corrected chi connectivity index (χ4v) is 2.54. The number of nitrogens with zero attached hydrogens (tertiary/aromatic N) is 2. The molecule has 6 heteroatoms. The Kier molecular flexibility index (Phi) is 4.80. The van der Waals surface area contributed by atoms with E-state index in [2.05, 4.69) is 29.3 Å². The molecule has 6 nitrogen and oxygen atoms in total. The lowest BCUT2D eigenvalue weighted by molar-refractivity contribution is 0.0896. The van der Waals surface area contributed by atoms with E-state index in [9.17, 15) is 4.79 Å². The van der Waals surface area contributed by atoms with Gasteiger partial charge in [-0.2, -0.15) is 0 Å². The number of rotatable bonds is 3. The molecule has 0 aromatic heterocycles. The van der Waals surface area contributed by atoms with Crippen LogP contribution in [-0.2, 0) is 0 Å². The van der Waals surface area contributed by atoms with Gasteiger partial charge in [0.25, 0.3) is 5.91 Å². The van der Waals surface area contributed by atoms with Gasteiger partial charge in [0.1, 0.15) is 0 Å². The number of carbonyl (C=O) groups excluding carboxylic acids is 1. The molecule has 0 saturated carbocycles. The van der Waals surface area contributed by atoms with Crippen LogP contribution in [0.25, 0.3) is 0 Å². The molecule has 1 saturated heterocycles. The zero-order chi connectivity index (χ0) is 15.4. The van der Waals surface area contributed by atoms with E-state index in [0.29, 0.717) is 17.2 Å². The molecule has 0 radical (unpaired) electrons. The lowest BCUT2D eigenvalue weighted by Gasteiger charge is -2.35. The second-order valence-electron chi connectivity index (χ2n) is 5.59. The molecule has 0 spiro atoms. The van der Waals surface area contributed by atoms with E-state index in [0.717, 1.165) is 19.4 Å². The summed E-state index contributed by atoms with van der Waals surface area (Å²) in [5.41, 5.74) is 6.66. The summed E-state index contributed by atoms with van der Waals surface area (Å²) in [6, 6.07) is 7.39. The predicted octanol–water partition coefficient (Wildman–Crippen LogP) is 0.994. The Morgan fingerprint density at radius 3 is 2.57 bits per heavy atom. The molecule has 2 rings (SSSR count). The molecule has 0 bridgehead atoms. The quantitative estimate of drug-likeness (QED) is 0.335. The van der Waals surface area contributed by atoms with Crippen molar-refractivity contribution in [2.75, 3.05) is 13.6 Å². The molecule has 114 valence electrons. The van der Waals surface area contributed by atoms with E-state index in [-0.39, 0.29) is 17.8 Å². The van der Waals surface area contributed by atoms with Crippen molar-refractivity contribution in [3.05, 3.63) is 35.4 Å². The van der Waals surface area contributed by atoms with Crippen molar-refractivity contribution in [1.29, 1.82) is 0 Å².